The molecule has 0 aliphatic carbocycles. The monoisotopic (exact) mass is 339 g/mol. The van der Waals surface area contributed by atoms with Gasteiger partial charge in [0.1, 0.15) is 12.2 Å². The Morgan fingerprint density at radius 3 is 2.92 bits per heavy atom. The first-order valence-electron chi connectivity index (χ1n) is 7.02. The van der Waals surface area contributed by atoms with E-state index >= 15 is 0 Å². The number of rotatable bonds is 1. The van der Waals surface area contributed by atoms with E-state index in [1.807, 2.05) is 4.98 Å². The zero-order valence-electron chi connectivity index (χ0n) is 12.3. The fourth-order valence-corrected chi connectivity index (χ4v) is 2.39. The fraction of sp³-hybridized carbons (Fsp3) is 0.267. The molecule has 1 N–H and O–H groups in total. The molecule has 3 rings (SSSR count). The molecule has 0 unspecified atom stereocenters. The highest BCUT2D eigenvalue weighted by atomic mass is 19.4. The molecule has 6 nitrogen and oxygen atoms in total. The molecule has 1 aliphatic rings. The SMILES string of the molecule is O=C(c1c[nH]c(=O)c(C(F)(F)F)c1)N1CCOc2ncccc2C1. The quantitative estimate of drug-likeness (QED) is 0.860. The van der Waals surface area contributed by atoms with E-state index < -0.39 is 23.2 Å². The number of hydrogen-bond donors (Lipinski definition) is 1. The molecular weight excluding hydrogens is 327 g/mol. The van der Waals surface area contributed by atoms with Crippen molar-refractivity contribution in [2.75, 3.05) is 13.2 Å². The summed E-state index contributed by atoms with van der Waals surface area (Å²) in [6, 6.07) is 3.97. The number of alkyl halides is 3. The van der Waals surface area contributed by atoms with Crippen LogP contribution in [0.2, 0.25) is 0 Å². The van der Waals surface area contributed by atoms with Crippen molar-refractivity contribution in [3.05, 3.63) is 57.6 Å². The Labute approximate surface area is 133 Å². The summed E-state index contributed by atoms with van der Waals surface area (Å²) in [5.74, 6) is -0.234. The number of nitrogens with one attached hydrogen (secondary N) is 1. The number of nitrogens with zero attached hydrogens (tertiary/aromatic N) is 2. The van der Waals surface area contributed by atoms with Crippen LogP contribution in [0.3, 0.4) is 0 Å². The summed E-state index contributed by atoms with van der Waals surface area (Å²) < 4.78 is 43.9. The molecule has 126 valence electrons. The van der Waals surface area contributed by atoms with E-state index in [2.05, 4.69) is 4.98 Å². The fourth-order valence-electron chi connectivity index (χ4n) is 2.39. The highest BCUT2D eigenvalue weighted by Gasteiger charge is 2.35. The molecule has 0 spiro atoms. The lowest BCUT2D eigenvalue weighted by Gasteiger charge is -2.20. The molecule has 2 aromatic heterocycles. The predicted molar refractivity (Wildman–Crippen MR) is 76.5 cm³/mol. The van der Waals surface area contributed by atoms with Gasteiger partial charge in [0.25, 0.3) is 11.5 Å². The van der Waals surface area contributed by atoms with Crippen molar-refractivity contribution in [1.29, 1.82) is 0 Å². The number of carbonyl (C=O) groups is 1. The highest BCUT2D eigenvalue weighted by Crippen LogP contribution is 2.27. The lowest BCUT2D eigenvalue weighted by atomic mass is 10.1. The second-order valence-electron chi connectivity index (χ2n) is 5.17. The zero-order chi connectivity index (χ0) is 17.3. The van der Waals surface area contributed by atoms with E-state index in [4.69, 9.17) is 4.74 Å². The average molecular weight is 339 g/mol. The number of hydrogen-bond acceptors (Lipinski definition) is 4. The second-order valence-corrected chi connectivity index (χ2v) is 5.17. The summed E-state index contributed by atoms with van der Waals surface area (Å²) in [6.45, 7) is 0.517. The predicted octanol–water partition coefficient (Wildman–Crippen LogP) is 1.82. The zero-order valence-corrected chi connectivity index (χ0v) is 12.3. The molecule has 0 saturated carbocycles. The van der Waals surface area contributed by atoms with E-state index in [9.17, 15) is 22.8 Å². The molecule has 3 heterocycles. The summed E-state index contributed by atoms with van der Waals surface area (Å²) in [4.78, 5) is 31.2. The third kappa shape index (κ3) is 3.10. The molecule has 1 aliphatic heterocycles. The molecule has 0 atom stereocenters. The van der Waals surface area contributed by atoms with Crippen LogP contribution >= 0.6 is 0 Å². The van der Waals surface area contributed by atoms with Crippen molar-refractivity contribution < 1.29 is 22.7 Å². The molecule has 0 radical (unpaired) electrons. The van der Waals surface area contributed by atoms with E-state index in [1.54, 1.807) is 18.3 Å². The Balaban J connectivity index is 1.91. The van der Waals surface area contributed by atoms with Gasteiger partial charge in [-0.3, -0.25) is 9.59 Å². The van der Waals surface area contributed by atoms with E-state index in [0.717, 1.165) is 6.20 Å². The van der Waals surface area contributed by atoms with Gasteiger partial charge in [0.2, 0.25) is 5.88 Å². The maximum absolute atomic E-state index is 12.8. The van der Waals surface area contributed by atoms with Crippen LogP contribution in [-0.2, 0) is 12.7 Å². The normalized spacial score (nSPS) is 14.5. The van der Waals surface area contributed by atoms with Crippen LogP contribution in [0.1, 0.15) is 21.5 Å². The largest absolute Gasteiger partial charge is 0.476 e. The van der Waals surface area contributed by atoms with Gasteiger partial charge in [-0.2, -0.15) is 13.2 Å². The van der Waals surface area contributed by atoms with Crippen molar-refractivity contribution in [2.24, 2.45) is 0 Å². The number of fused-ring (bicyclic) bond motifs is 1. The molecule has 2 aromatic rings. The van der Waals surface area contributed by atoms with Gasteiger partial charge in [0.15, 0.2) is 0 Å². The van der Waals surface area contributed by atoms with Gasteiger partial charge in [-0.05, 0) is 12.1 Å². The van der Waals surface area contributed by atoms with E-state index in [-0.39, 0.29) is 25.3 Å². The summed E-state index contributed by atoms with van der Waals surface area (Å²) in [5, 5.41) is 0. The Morgan fingerprint density at radius 1 is 1.38 bits per heavy atom. The van der Waals surface area contributed by atoms with Crippen molar-refractivity contribution in [2.45, 2.75) is 12.7 Å². The number of aromatic amines is 1. The lowest BCUT2D eigenvalue weighted by molar-refractivity contribution is -0.138. The number of halogens is 3. The van der Waals surface area contributed by atoms with Gasteiger partial charge in [-0.25, -0.2) is 4.98 Å². The summed E-state index contributed by atoms with van der Waals surface area (Å²) in [7, 11) is 0. The van der Waals surface area contributed by atoms with Crippen molar-refractivity contribution in [3.63, 3.8) is 0 Å². The summed E-state index contributed by atoms with van der Waals surface area (Å²) in [5.41, 5.74) is -2.27. The Hall–Kier alpha value is -2.84. The Kier molecular flexibility index (Phi) is 4.00. The lowest BCUT2D eigenvalue weighted by Crippen LogP contribution is -2.33. The minimum Gasteiger partial charge on any atom is -0.476 e. The standard InChI is InChI=1S/C15H12F3N3O3/c16-15(17,18)11-6-10(7-20-12(11)22)14(23)21-4-5-24-13-9(8-21)2-1-3-19-13/h1-3,6-7H,4-5,8H2,(H,20,22). The third-order valence-corrected chi connectivity index (χ3v) is 3.55. The number of H-pyrrole nitrogens is 1. The Morgan fingerprint density at radius 2 is 2.17 bits per heavy atom. The van der Waals surface area contributed by atoms with Gasteiger partial charge in [0.05, 0.1) is 18.7 Å². The van der Waals surface area contributed by atoms with Crippen molar-refractivity contribution >= 4 is 5.91 Å². The Bertz CT molecular complexity index is 832. The maximum atomic E-state index is 12.8. The molecule has 9 heteroatoms. The molecule has 0 bridgehead atoms. The van der Waals surface area contributed by atoms with Gasteiger partial charge in [-0.15, -0.1) is 0 Å². The summed E-state index contributed by atoms with van der Waals surface area (Å²) >= 11 is 0. The molecule has 0 fully saturated rings. The number of ether oxygens (including phenoxy) is 1. The molecule has 24 heavy (non-hydrogen) atoms. The molecule has 0 saturated heterocycles. The number of amides is 1. The molecular formula is C15H12F3N3O3. The minimum atomic E-state index is -4.83. The first-order chi connectivity index (χ1) is 11.4. The van der Waals surface area contributed by atoms with Crippen LogP contribution in [0.4, 0.5) is 13.2 Å². The van der Waals surface area contributed by atoms with Crippen LogP contribution in [0.5, 0.6) is 5.88 Å². The topological polar surface area (TPSA) is 75.3 Å². The number of carbonyl (C=O) groups excluding carboxylic acids is 1. The third-order valence-electron chi connectivity index (χ3n) is 3.55. The first kappa shape index (κ1) is 16.0. The molecule has 1 amide bonds. The number of aromatic nitrogens is 2. The first-order valence-corrected chi connectivity index (χ1v) is 7.02. The van der Waals surface area contributed by atoms with Crippen molar-refractivity contribution in [3.8, 4) is 5.88 Å². The van der Waals surface area contributed by atoms with Gasteiger partial charge in [-0.1, -0.05) is 6.07 Å². The van der Waals surface area contributed by atoms with Gasteiger partial charge >= 0.3 is 6.18 Å². The molecule has 0 aromatic carbocycles. The second kappa shape index (κ2) is 5.99. The number of pyridine rings is 2. The van der Waals surface area contributed by atoms with Gasteiger partial charge < -0.3 is 14.6 Å². The van der Waals surface area contributed by atoms with Crippen LogP contribution in [0.25, 0.3) is 0 Å². The smallest absolute Gasteiger partial charge is 0.421 e. The minimum absolute atomic E-state index is 0.155. The summed E-state index contributed by atoms with van der Waals surface area (Å²) in [6.07, 6.45) is -2.30. The van der Waals surface area contributed by atoms with Crippen LogP contribution in [0.15, 0.2) is 35.4 Å². The van der Waals surface area contributed by atoms with E-state index in [0.29, 0.717) is 17.5 Å². The highest BCUT2D eigenvalue weighted by molar-refractivity contribution is 5.94. The van der Waals surface area contributed by atoms with Crippen LogP contribution in [-0.4, -0.2) is 33.9 Å². The van der Waals surface area contributed by atoms with E-state index in [1.165, 1.54) is 4.90 Å². The average Bonchev–Trinajstić information content (AvgIpc) is 2.76. The van der Waals surface area contributed by atoms with Crippen LogP contribution < -0.4 is 10.3 Å². The maximum Gasteiger partial charge on any atom is 0.421 e. The van der Waals surface area contributed by atoms with Crippen molar-refractivity contribution in [1.82, 2.24) is 14.9 Å². The van der Waals surface area contributed by atoms with Gasteiger partial charge in [0, 0.05) is 18.0 Å². The van der Waals surface area contributed by atoms with Crippen LogP contribution in [0, 0.1) is 0 Å².